The third kappa shape index (κ3) is 2.79. The van der Waals surface area contributed by atoms with Gasteiger partial charge in [0.2, 0.25) is 10.0 Å². The zero-order valence-corrected chi connectivity index (χ0v) is 13.7. The van der Waals surface area contributed by atoms with Gasteiger partial charge in [-0.1, -0.05) is 18.0 Å². The number of hydrogen-bond acceptors (Lipinski definition) is 3. The van der Waals surface area contributed by atoms with Crippen molar-refractivity contribution in [2.24, 2.45) is 17.8 Å². The normalized spacial score (nSPS) is 28.4. The number of benzene rings is 1. The smallest absolute Gasteiger partial charge is 0.244 e. The monoisotopic (exact) mass is 328 g/mol. The molecule has 2 bridgehead atoms. The summed E-state index contributed by atoms with van der Waals surface area (Å²) in [6, 6.07) is 4.55. The van der Waals surface area contributed by atoms with Crippen LogP contribution in [-0.2, 0) is 10.0 Å². The third-order valence-corrected chi connectivity index (χ3v) is 7.33. The van der Waals surface area contributed by atoms with Gasteiger partial charge in [0.15, 0.2) is 0 Å². The van der Waals surface area contributed by atoms with Crippen LogP contribution in [-0.4, -0.2) is 26.3 Å². The molecule has 6 heteroatoms. The SMILES string of the molecule is CN(CC1CC2CCC1C2)S(=O)(=O)c1ccc(N)cc1Cl. The van der Waals surface area contributed by atoms with Crippen LogP contribution in [0.4, 0.5) is 5.69 Å². The van der Waals surface area contributed by atoms with Gasteiger partial charge in [-0.05, 0) is 55.2 Å². The number of anilines is 1. The predicted molar refractivity (Wildman–Crippen MR) is 84.6 cm³/mol. The van der Waals surface area contributed by atoms with Crippen LogP contribution in [0.2, 0.25) is 5.02 Å². The second-order valence-electron chi connectivity index (χ2n) is 6.41. The standard InChI is InChI=1S/C15H21ClN2O2S/c1-18(9-12-7-10-2-3-11(12)6-10)21(19,20)15-5-4-13(17)8-14(15)16/h4-5,8,10-12H,2-3,6-7,9,17H2,1H3. The fourth-order valence-corrected chi connectivity index (χ4v) is 5.67. The molecule has 4 nitrogen and oxygen atoms in total. The first-order valence-corrected chi connectivity index (χ1v) is 9.21. The highest BCUT2D eigenvalue weighted by molar-refractivity contribution is 7.89. The van der Waals surface area contributed by atoms with Gasteiger partial charge in [0.1, 0.15) is 4.90 Å². The molecule has 2 N–H and O–H groups in total. The van der Waals surface area contributed by atoms with E-state index in [2.05, 4.69) is 0 Å². The van der Waals surface area contributed by atoms with Gasteiger partial charge in [0, 0.05) is 19.3 Å². The summed E-state index contributed by atoms with van der Waals surface area (Å²) in [5.74, 6) is 2.02. The maximum Gasteiger partial charge on any atom is 0.244 e. The molecule has 0 saturated heterocycles. The minimum atomic E-state index is -3.54. The highest BCUT2D eigenvalue weighted by atomic mass is 35.5. The summed E-state index contributed by atoms with van der Waals surface area (Å²) in [5.41, 5.74) is 6.09. The van der Waals surface area contributed by atoms with E-state index in [-0.39, 0.29) is 9.92 Å². The molecule has 0 aliphatic heterocycles. The molecular weight excluding hydrogens is 308 g/mol. The summed E-state index contributed by atoms with van der Waals surface area (Å²) in [6.45, 7) is 0.588. The van der Waals surface area contributed by atoms with Crippen molar-refractivity contribution in [2.45, 2.75) is 30.6 Å². The largest absolute Gasteiger partial charge is 0.399 e. The highest BCUT2D eigenvalue weighted by Gasteiger charge is 2.41. The van der Waals surface area contributed by atoms with Crippen LogP contribution >= 0.6 is 11.6 Å². The molecular formula is C15H21ClN2O2S. The summed E-state index contributed by atoms with van der Waals surface area (Å²) in [4.78, 5) is 0.143. The van der Waals surface area contributed by atoms with Gasteiger partial charge >= 0.3 is 0 Å². The second kappa shape index (κ2) is 5.45. The molecule has 2 aliphatic rings. The van der Waals surface area contributed by atoms with Gasteiger partial charge in [-0.3, -0.25) is 0 Å². The van der Waals surface area contributed by atoms with Crippen molar-refractivity contribution in [3.05, 3.63) is 23.2 Å². The van der Waals surface area contributed by atoms with Crippen molar-refractivity contribution in [1.29, 1.82) is 0 Å². The number of rotatable bonds is 4. The van der Waals surface area contributed by atoms with E-state index in [1.54, 1.807) is 13.1 Å². The molecule has 3 rings (SSSR count). The van der Waals surface area contributed by atoms with E-state index in [9.17, 15) is 8.42 Å². The van der Waals surface area contributed by atoms with Crippen molar-refractivity contribution in [3.63, 3.8) is 0 Å². The van der Waals surface area contributed by atoms with Crippen LogP contribution < -0.4 is 5.73 Å². The van der Waals surface area contributed by atoms with Crippen LogP contribution in [0.3, 0.4) is 0 Å². The van der Waals surface area contributed by atoms with E-state index < -0.39 is 10.0 Å². The Labute approximate surface area is 131 Å². The molecule has 2 fully saturated rings. The lowest BCUT2D eigenvalue weighted by molar-refractivity contribution is 0.280. The number of nitrogen functional groups attached to an aromatic ring is 1. The van der Waals surface area contributed by atoms with Crippen LogP contribution in [0.1, 0.15) is 25.7 Å². The van der Waals surface area contributed by atoms with E-state index in [0.29, 0.717) is 24.1 Å². The summed E-state index contributed by atoms with van der Waals surface area (Å²) in [5, 5.41) is 0.190. The zero-order chi connectivity index (χ0) is 15.2. The lowest BCUT2D eigenvalue weighted by Crippen LogP contribution is -2.34. The van der Waals surface area contributed by atoms with Crippen molar-refractivity contribution in [1.82, 2.24) is 4.31 Å². The van der Waals surface area contributed by atoms with E-state index >= 15 is 0 Å². The van der Waals surface area contributed by atoms with Crippen LogP contribution in [0.5, 0.6) is 0 Å². The predicted octanol–water partition coefficient (Wildman–Crippen LogP) is 2.98. The van der Waals surface area contributed by atoms with E-state index in [1.807, 2.05) is 0 Å². The molecule has 1 aromatic carbocycles. The molecule has 116 valence electrons. The third-order valence-electron chi connectivity index (χ3n) is 5.02. The molecule has 0 aromatic heterocycles. The highest BCUT2D eigenvalue weighted by Crippen LogP contribution is 2.48. The molecule has 1 aromatic rings. The molecule has 0 heterocycles. The Morgan fingerprint density at radius 3 is 2.67 bits per heavy atom. The van der Waals surface area contributed by atoms with Gasteiger partial charge in [-0.2, -0.15) is 0 Å². The van der Waals surface area contributed by atoms with Gasteiger partial charge in [0.25, 0.3) is 0 Å². The molecule has 3 atom stereocenters. The Kier molecular flexibility index (Phi) is 3.93. The average molecular weight is 329 g/mol. The molecule has 2 aliphatic carbocycles. The lowest BCUT2D eigenvalue weighted by atomic mass is 9.89. The summed E-state index contributed by atoms with van der Waals surface area (Å²) < 4.78 is 26.8. The van der Waals surface area contributed by atoms with E-state index in [1.165, 1.54) is 42.1 Å². The topological polar surface area (TPSA) is 63.4 Å². The minimum absolute atomic E-state index is 0.143. The van der Waals surface area contributed by atoms with Gasteiger partial charge in [-0.25, -0.2) is 12.7 Å². The van der Waals surface area contributed by atoms with Crippen LogP contribution in [0, 0.1) is 17.8 Å². The Morgan fingerprint density at radius 2 is 2.10 bits per heavy atom. The molecule has 0 amide bonds. The Hall–Kier alpha value is -0.780. The first-order chi connectivity index (χ1) is 9.88. The zero-order valence-electron chi connectivity index (χ0n) is 12.1. The molecule has 0 radical (unpaired) electrons. The Bertz CT molecular complexity index is 647. The second-order valence-corrected chi connectivity index (χ2v) is 8.83. The minimum Gasteiger partial charge on any atom is -0.399 e. The lowest BCUT2D eigenvalue weighted by Gasteiger charge is -2.27. The van der Waals surface area contributed by atoms with Gasteiger partial charge < -0.3 is 5.73 Å². The van der Waals surface area contributed by atoms with Crippen molar-refractivity contribution in [3.8, 4) is 0 Å². The summed E-state index contributed by atoms with van der Waals surface area (Å²) in [7, 11) is -1.90. The average Bonchev–Trinajstić information content (AvgIpc) is 3.00. The number of fused-ring (bicyclic) bond motifs is 2. The van der Waals surface area contributed by atoms with Crippen LogP contribution in [0.15, 0.2) is 23.1 Å². The number of nitrogens with two attached hydrogens (primary N) is 1. The van der Waals surface area contributed by atoms with Crippen LogP contribution in [0.25, 0.3) is 0 Å². The first kappa shape index (κ1) is 15.1. The fourth-order valence-electron chi connectivity index (χ4n) is 3.92. The number of halogens is 1. The first-order valence-electron chi connectivity index (χ1n) is 7.39. The molecule has 3 unspecified atom stereocenters. The number of nitrogens with zero attached hydrogens (tertiary/aromatic N) is 1. The quantitative estimate of drug-likeness (QED) is 0.864. The van der Waals surface area contributed by atoms with E-state index in [0.717, 1.165) is 5.92 Å². The summed E-state index contributed by atoms with van der Waals surface area (Å²) in [6.07, 6.45) is 5.02. The van der Waals surface area contributed by atoms with Crippen molar-refractivity contribution in [2.75, 3.05) is 19.3 Å². The van der Waals surface area contributed by atoms with Gasteiger partial charge in [0.05, 0.1) is 5.02 Å². The van der Waals surface area contributed by atoms with Gasteiger partial charge in [-0.15, -0.1) is 0 Å². The Morgan fingerprint density at radius 1 is 1.33 bits per heavy atom. The Balaban J connectivity index is 1.78. The van der Waals surface area contributed by atoms with Crippen molar-refractivity contribution < 1.29 is 8.42 Å². The maximum atomic E-state index is 12.7. The maximum absolute atomic E-state index is 12.7. The fraction of sp³-hybridized carbons (Fsp3) is 0.600. The number of hydrogen-bond donors (Lipinski definition) is 1. The molecule has 0 spiro atoms. The summed E-state index contributed by atoms with van der Waals surface area (Å²) >= 11 is 6.05. The molecule has 2 saturated carbocycles. The molecule has 21 heavy (non-hydrogen) atoms. The number of sulfonamides is 1. The van der Waals surface area contributed by atoms with Crippen molar-refractivity contribution >= 4 is 27.3 Å². The van der Waals surface area contributed by atoms with E-state index in [4.69, 9.17) is 17.3 Å².